The normalized spacial score (nSPS) is 31.3. The van der Waals surface area contributed by atoms with Crippen LogP contribution in [0.3, 0.4) is 0 Å². The highest BCUT2D eigenvalue weighted by molar-refractivity contribution is 5.76. The smallest absolute Gasteiger partial charge is 0.222 e. The summed E-state index contributed by atoms with van der Waals surface area (Å²) in [5.74, 6) is 3.71. The summed E-state index contributed by atoms with van der Waals surface area (Å²) in [7, 11) is 0. The number of unbranched alkanes of at least 4 members (excludes halogenated alkanes) is 2. The molecule has 0 radical (unpaired) electrons. The van der Waals surface area contributed by atoms with E-state index in [4.69, 9.17) is 6.42 Å². The lowest BCUT2D eigenvalue weighted by Crippen LogP contribution is -2.30. The summed E-state index contributed by atoms with van der Waals surface area (Å²) < 4.78 is 0. The monoisotopic (exact) mass is 235 g/mol. The van der Waals surface area contributed by atoms with E-state index in [2.05, 4.69) is 5.92 Å². The lowest BCUT2D eigenvalue weighted by Gasteiger charge is -2.18. The van der Waals surface area contributed by atoms with E-state index in [0.29, 0.717) is 18.3 Å². The molecule has 94 valence electrons. The largest absolute Gasteiger partial charge is 0.393 e. The van der Waals surface area contributed by atoms with Gasteiger partial charge in [-0.25, -0.2) is 0 Å². The number of aliphatic hydroxyl groups is 1. The molecule has 17 heavy (non-hydrogen) atoms. The lowest BCUT2D eigenvalue weighted by atomic mass is 10.00. The minimum Gasteiger partial charge on any atom is -0.393 e. The molecule has 2 aliphatic rings. The molecule has 1 amide bonds. The predicted molar refractivity (Wildman–Crippen MR) is 66.1 cm³/mol. The van der Waals surface area contributed by atoms with E-state index < -0.39 is 0 Å². The van der Waals surface area contributed by atoms with Crippen LogP contribution in [0.25, 0.3) is 0 Å². The van der Waals surface area contributed by atoms with Crippen LogP contribution in [0.1, 0.15) is 38.5 Å². The average molecular weight is 235 g/mol. The van der Waals surface area contributed by atoms with E-state index in [9.17, 15) is 9.90 Å². The second kappa shape index (κ2) is 5.55. The molecule has 1 aliphatic heterocycles. The van der Waals surface area contributed by atoms with Gasteiger partial charge < -0.3 is 10.0 Å². The van der Waals surface area contributed by atoms with Crippen molar-refractivity contribution in [3.05, 3.63) is 0 Å². The highest BCUT2D eigenvalue weighted by Crippen LogP contribution is 2.38. The molecule has 0 aromatic rings. The van der Waals surface area contributed by atoms with Gasteiger partial charge in [0.05, 0.1) is 6.10 Å². The number of nitrogens with zero attached hydrogens (tertiary/aromatic N) is 1. The first-order valence-electron chi connectivity index (χ1n) is 6.61. The maximum Gasteiger partial charge on any atom is 0.222 e. The third kappa shape index (κ3) is 2.81. The van der Waals surface area contributed by atoms with Crippen LogP contribution in [0.2, 0.25) is 0 Å². The molecule has 0 aromatic carbocycles. The van der Waals surface area contributed by atoms with Gasteiger partial charge in [0, 0.05) is 31.8 Å². The number of carbonyl (C=O) groups is 1. The molecule has 2 fully saturated rings. The first kappa shape index (κ1) is 12.4. The Morgan fingerprint density at radius 1 is 1.35 bits per heavy atom. The maximum atomic E-state index is 11.9. The van der Waals surface area contributed by atoms with Crippen LogP contribution in [-0.2, 0) is 4.79 Å². The zero-order chi connectivity index (χ0) is 12.3. The van der Waals surface area contributed by atoms with Gasteiger partial charge in [0.1, 0.15) is 0 Å². The van der Waals surface area contributed by atoms with E-state index in [1.807, 2.05) is 4.90 Å². The second-order valence-electron chi connectivity index (χ2n) is 5.28. The molecular formula is C14H21NO2. The van der Waals surface area contributed by atoms with Gasteiger partial charge in [0.15, 0.2) is 0 Å². The molecule has 1 N–H and O–H groups in total. The predicted octanol–water partition coefficient (Wildman–Crippen LogP) is 1.41. The van der Waals surface area contributed by atoms with E-state index in [0.717, 1.165) is 45.2 Å². The number of aliphatic hydroxyl groups excluding tert-OH is 1. The fourth-order valence-corrected chi connectivity index (χ4v) is 3.10. The van der Waals surface area contributed by atoms with Crippen molar-refractivity contribution >= 4 is 5.91 Å². The third-order valence-corrected chi connectivity index (χ3v) is 4.13. The molecule has 2 rings (SSSR count). The van der Waals surface area contributed by atoms with Gasteiger partial charge in [0.2, 0.25) is 5.91 Å². The maximum absolute atomic E-state index is 11.9. The van der Waals surface area contributed by atoms with Crippen molar-refractivity contribution in [3.8, 4) is 12.3 Å². The Bertz CT molecular complexity index is 321. The fourth-order valence-electron chi connectivity index (χ4n) is 3.10. The Kier molecular flexibility index (Phi) is 4.06. The number of fused-ring (bicyclic) bond motifs is 1. The second-order valence-corrected chi connectivity index (χ2v) is 5.28. The Balaban J connectivity index is 1.73. The van der Waals surface area contributed by atoms with Crippen LogP contribution in [-0.4, -0.2) is 35.1 Å². The van der Waals surface area contributed by atoms with E-state index in [-0.39, 0.29) is 12.0 Å². The summed E-state index contributed by atoms with van der Waals surface area (Å²) in [6.07, 6.45) is 10.2. The minimum atomic E-state index is -0.181. The summed E-state index contributed by atoms with van der Waals surface area (Å²) in [6.45, 7) is 1.62. The molecular weight excluding hydrogens is 214 g/mol. The zero-order valence-corrected chi connectivity index (χ0v) is 10.3. The molecule has 3 nitrogen and oxygen atoms in total. The van der Waals surface area contributed by atoms with Crippen LogP contribution in [0.4, 0.5) is 0 Å². The Morgan fingerprint density at radius 2 is 2.18 bits per heavy atom. The number of amides is 1. The van der Waals surface area contributed by atoms with Crippen LogP contribution < -0.4 is 0 Å². The number of hydrogen-bond acceptors (Lipinski definition) is 2. The molecule has 1 saturated heterocycles. The fraction of sp³-hybridized carbons (Fsp3) is 0.786. The standard InChI is InChI=1S/C14H21NO2/c1-2-3-4-5-6-14(17)15-9-11-7-8-13(16)12(11)10-15/h1,11-13,16H,3-10H2. The van der Waals surface area contributed by atoms with Gasteiger partial charge in [-0.3, -0.25) is 4.79 Å². The zero-order valence-electron chi connectivity index (χ0n) is 10.3. The summed E-state index contributed by atoms with van der Waals surface area (Å²) >= 11 is 0. The van der Waals surface area contributed by atoms with Gasteiger partial charge in [-0.05, 0) is 31.6 Å². The van der Waals surface area contributed by atoms with Crippen LogP contribution in [0.15, 0.2) is 0 Å². The van der Waals surface area contributed by atoms with Crippen molar-refractivity contribution in [2.45, 2.75) is 44.6 Å². The topological polar surface area (TPSA) is 40.5 Å². The molecule has 3 heteroatoms. The highest BCUT2D eigenvalue weighted by atomic mass is 16.3. The molecule has 0 bridgehead atoms. The van der Waals surface area contributed by atoms with E-state index >= 15 is 0 Å². The van der Waals surface area contributed by atoms with Gasteiger partial charge in [0.25, 0.3) is 0 Å². The third-order valence-electron chi connectivity index (χ3n) is 4.13. The van der Waals surface area contributed by atoms with Crippen molar-refractivity contribution in [1.29, 1.82) is 0 Å². The quantitative estimate of drug-likeness (QED) is 0.591. The molecule has 1 heterocycles. The van der Waals surface area contributed by atoms with Gasteiger partial charge >= 0.3 is 0 Å². The molecule has 1 saturated carbocycles. The molecule has 1 aliphatic carbocycles. The van der Waals surface area contributed by atoms with Crippen molar-refractivity contribution in [3.63, 3.8) is 0 Å². The van der Waals surface area contributed by atoms with E-state index in [1.54, 1.807) is 0 Å². The molecule has 0 spiro atoms. The van der Waals surface area contributed by atoms with Crippen molar-refractivity contribution in [2.75, 3.05) is 13.1 Å². The lowest BCUT2D eigenvalue weighted by molar-refractivity contribution is -0.130. The van der Waals surface area contributed by atoms with Gasteiger partial charge in [-0.15, -0.1) is 12.3 Å². The van der Waals surface area contributed by atoms with Crippen molar-refractivity contribution in [1.82, 2.24) is 4.90 Å². The summed E-state index contributed by atoms with van der Waals surface area (Å²) in [4.78, 5) is 13.9. The van der Waals surface area contributed by atoms with Crippen LogP contribution in [0, 0.1) is 24.2 Å². The Hall–Kier alpha value is -1.01. The number of likely N-dealkylation sites (tertiary alicyclic amines) is 1. The summed E-state index contributed by atoms with van der Waals surface area (Å²) in [5.41, 5.74) is 0. The van der Waals surface area contributed by atoms with Crippen LogP contribution in [0.5, 0.6) is 0 Å². The van der Waals surface area contributed by atoms with Gasteiger partial charge in [-0.1, -0.05) is 0 Å². The average Bonchev–Trinajstić information content (AvgIpc) is 2.87. The number of rotatable bonds is 4. The molecule has 3 atom stereocenters. The number of carbonyl (C=O) groups excluding carboxylic acids is 1. The molecule has 0 aromatic heterocycles. The number of terminal acetylenes is 1. The number of hydrogen-bond donors (Lipinski definition) is 1. The van der Waals surface area contributed by atoms with Gasteiger partial charge in [-0.2, -0.15) is 0 Å². The minimum absolute atomic E-state index is 0.181. The Labute approximate surface area is 103 Å². The highest BCUT2D eigenvalue weighted by Gasteiger charge is 2.42. The van der Waals surface area contributed by atoms with Crippen molar-refractivity contribution in [2.24, 2.45) is 11.8 Å². The Morgan fingerprint density at radius 3 is 2.88 bits per heavy atom. The van der Waals surface area contributed by atoms with Crippen LogP contribution >= 0.6 is 0 Å². The molecule has 3 unspecified atom stereocenters. The summed E-state index contributed by atoms with van der Waals surface area (Å²) in [6, 6.07) is 0. The SMILES string of the molecule is C#CCCCCC(=O)N1CC2CCC(O)C2C1. The summed E-state index contributed by atoms with van der Waals surface area (Å²) in [5, 5.41) is 9.78. The first-order valence-corrected chi connectivity index (χ1v) is 6.61. The van der Waals surface area contributed by atoms with E-state index in [1.165, 1.54) is 0 Å². The van der Waals surface area contributed by atoms with Crippen molar-refractivity contribution < 1.29 is 9.90 Å². The first-order chi connectivity index (χ1) is 8.22.